The molecule has 1 aliphatic rings. The first kappa shape index (κ1) is 26.2. The minimum Gasteiger partial charge on any atom is -0.465 e. The molecular weight excluding hydrogens is 424 g/mol. The second kappa shape index (κ2) is 9.43. The van der Waals surface area contributed by atoms with Gasteiger partial charge in [-0.05, 0) is 50.9 Å². The Morgan fingerprint density at radius 2 is 1.69 bits per heavy atom. The summed E-state index contributed by atoms with van der Waals surface area (Å²) in [6.45, 7) is 16.4. The van der Waals surface area contributed by atoms with Crippen molar-refractivity contribution in [3.63, 3.8) is 0 Å². The maximum atomic E-state index is 13.0. The molecule has 0 bridgehead atoms. The summed E-state index contributed by atoms with van der Waals surface area (Å²) in [5.74, 6) is 0. The standard InChI is InChI=1S/C24H40N2O5Si/c1-23(2,3)30-22(29)25(7)20-18(15-17-13-11-10-12-14-17)26(21(27)28)16-19(20)31-32(8,9)24(4,5)6/h10-14,18-20H,15-16H2,1-9H3,(H,27,28)/t18?,19-,20+/m0/s1. The predicted octanol–water partition coefficient (Wildman–Crippen LogP) is 5.22. The van der Waals surface area contributed by atoms with Gasteiger partial charge in [0.25, 0.3) is 0 Å². The molecule has 7 nitrogen and oxygen atoms in total. The Hall–Kier alpha value is -2.06. The number of ether oxygens (including phenoxy) is 1. The highest BCUT2D eigenvalue weighted by Gasteiger charge is 2.51. The van der Waals surface area contributed by atoms with Crippen molar-refractivity contribution in [1.82, 2.24) is 9.80 Å². The van der Waals surface area contributed by atoms with Crippen molar-refractivity contribution < 1.29 is 23.9 Å². The van der Waals surface area contributed by atoms with Gasteiger partial charge < -0.3 is 24.1 Å². The third-order valence-corrected chi connectivity index (χ3v) is 11.0. The summed E-state index contributed by atoms with van der Waals surface area (Å²) in [7, 11) is -0.539. The lowest BCUT2D eigenvalue weighted by Crippen LogP contribution is -2.55. The van der Waals surface area contributed by atoms with Gasteiger partial charge >= 0.3 is 12.2 Å². The number of nitrogens with zero attached hydrogens (tertiary/aromatic N) is 2. The van der Waals surface area contributed by atoms with Gasteiger partial charge in [-0.15, -0.1) is 0 Å². The van der Waals surface area contributed by atoms with Crippen molar-refractivity contribution in [2.45, 2.75) is 89.9 Å². The monoisotopic (exact) mass is 464 g/mol. The van der Waals surface area contributed by atoms with Crippen molar-refractivity contribution in [2.24, 2.45) is 0 Å². The topological polar surface area (TPSA) is 79.3 Å². The Kier molecular flexibility index (Phi) is 7.72. The molecule has 1 aromatic rings. The molecule has 1 aliphatic heterocycles. The van der Waals surface area contributed by atoms with Gasteiger partial charge in [-0.3, -0.25) is 0 Å². The van der Waals surface area contributed by atoms with Crippen molar-refractivity contribution >= 4 is 20.5 Å². The molecule has 1 heterocycles. The van der Waals surface area contributed by atoms with Crippen LogP contribution in [-0.2, 0) is 15.6 Å². The van der Waals surface area contributed by atoms with Gasteiger partial charge in [0.2, 0.25) is 0 Å². The van der Waals surface area contributed by atoms with E-state index in [1.165, 1.54) is 4.90 Å². The number of benzene rings is 1. The number of likely N-dealkylation sites (tertiary alicyclic amines) is 1. The zero-order valence-corrected chi connectivity index (χ0v) is 22.0. The fourth-order valence-electron chi connectivity index (χ4n) is 3.80. The van der Waals surface area contributed by atoms with Crippen LogP contribution in [0.2, 0.25) is 18.1 Å². The van der Waals surface area contributed by atoms with E-state index in [1.54, 1.807) is 11.9 Å². The molecule has 2 amide bonds. The summed E-state index contributed by atoms with van der Waals surface area (Å²) in [6, 6.07) is 8.86. The van der Waals surface area contributed by atoms with Crippen molar-refractivity contribution in [1.29, 1.82) is 0 Å². The number of hydrogen-bond acceptors (Lipinski definition) is 4. The van der Waals surface area contributed by atoms with E-state index in [9.17, 15) is 14.7 Å². The molecule has 180 valence electrons. The van der Waals surface area contributed by atoms with E-state index >= 15 is 0 Å². The molecule has 1 unspecified atom stereocenters. The minimum atomic E-state index is -2.22. The predicted molar refractivity (Wildman–Crippen MR) is 129 cm³/mol. The number of likely N-dealkylation sites (N-methyl/N-ethyl adjacent to an activating group) is 1. The second-order valence-corrected chi connectivity index (χ2v) is 15.9. The number of hydrogen-bond donors (Lipinski definition) is 1. The average molecular weight is 465 g/mol. The second-order valence-electron chi connectivity index (χ2n) is 11.2. The summed E-state index contributed by atoms with van der Waals surface area (Å²) >= 11 is 0. The lowest BCUT2D eigenvalue weighted by molar-refractivity contribution is 0.00761. The zero-order chi connectivity index (χ0) is 24.5. The van der Waals surface area contributed by atoms with Crippen molar-refractivity contribution in [3.8, 4) is 0 Å². The first-order valence-electron chi connectivity index (χ1n) is 11.2. The molecule has 1 aromatic carbocycles. The number of carbonyl (C=O) groups excluding carboxylic acids is 1. The highest BCUT2D eigenvalue weighted by atomic mass is 28.4. The molecule has 8 heteroatoms. The summed E-state index contributed by atoms with van der Waals surface area (Å²) in [5, 5.41) is 9.96. The minimum absolute atomic E-state index is 0.0480. The van der Waals surface area contributed by atoms with Crippen LogP contribution in [0.3, 0.4) is 0 Å². The van der Waals surface area contributed by atoms with Gasteiger partial charge in [-0.25, -0.2) is 9.59 Å². The zero-order valence-electron chi connectivity index (χ0n) is 21.0. The smallest absolute Gasteiger partial charge is 0.410 e. The summed E-state index contributed by atoms with van der Waals surface area (Å²) in [6.07, 6.45) is -1.42. The molecule has 0 aromatic heterocycles. The maximum Gasteiger partial charge on any atom is 0.410 e. The number of carboxylic acid groups (broad SMARTS) is 1. The molecule has 0 spiro atoms. The van der Waals surface area contributed by atoms with E-state index in [0.717, 1.165) is 5.56 Å². The Morgan fingerprint density at radius 1 is 1.12 bits per heavy atom. The molecule has 1 fully saturated rings. The summed E-state index contributed by atoms with van der Waals surface area (Å²) in [5.41, 5.74) is 0.362. The highest BCUT2D eigenvalue weighted by molar-refractivity contribution is 6.74. The molecule has 2 rings (SSSR count). The van der Waals surface area contributed by atoms with Crippen LogP contribution in [0.25, 0.3) is 0 Å². The third-order valence-electron chi connectivity index (χ3n) is 6.47. The fraction of sp³-hybridized carbons (Fsp3) is 0.667. The van der Waals surface area contributed by atoms with Crippen molar-refractivity contribution in [2.75, 3.05) is 13.6 Å². The van der Waals surface area contributed by atoms with E-state index in [4.69, 9.17) is 9.16 Å². The summed E-state index contributed by atoms with van der Waals surface area (Å²) < 4.78 is 12.3. The van der Waals surface area contributed by atoms with Crippen LogP contribution in [0, 0.1) is 0 Å². The Morgan fingerprint density at radius 3 is 2.16 bits per heavy atom. The van der Waals surface area contributed by atoms with Crippen LogP contribution >= 0.6 is 0 Å². The SMILES string of the molecule is CN(C(=O)OC(C)(C)C)[C@@H]1C(Cc2ccccc2)N(C(=O)O)C[C@@H]1O[Si](C)(C)C(C)(C)C. The number of amides is 2. The molecule has 3 atom stereocenters. The third kappa shape index (κ3) is 6.25. The molecule has 32 heavy (non-hydrogen) atoms. The van der Waals surface area contributed by atoms with Gasteiger partial charge in [0.05, 0.1) is 24.7 Å². The van der Waals surface area contributed by atoms with Crippen LogP contribution < -0.4 is 0 Å². The van der Waals surface area contributed by atoms with Gasteiger partial charge in [-0.1, -0.05) is 51.1 Å². The molecule has 0 radical (unpaired) electrons. The van der Waals surface area contributed by atoms with Crippen LogP contribution in [-0.4, -0.2) is 72.8 Å². The van der Waals surface area contributed by atoms with Gasteiger partial charge in [0, 0.05) is 7.05 Å². The van der Waals surface area contributed by atoms with Gasteiger partial charge in [-0.2, -0.15) is 0 Å². The van der Waals surface area contributed by atoms with Crippen LogP contribution in [0.1, 0.15) is 47.1 Å². The average Bonchev–Trinajstić information content (AvgIpc) is 2.97. The largest absolute Gasteiger partial charge is 0.465 e. The summed E-state index contributed by atoms with van der Waals surface area (Å²) in [4.78, 5) is 28.2. The normalized spacial score (nSPS) is 22.0. The van der Waals surface area contributed by atoms with E-state index in [2.05, 4.69) is 33.9 Å². The highest BCUT2D eigenvalue weighted by Crippen LogP contribution is 2.40. The van der Waals surface area contributed by atoms with E-state index in [1.807, 2.05) is 51.1 Å². The first-order valence-corrected chi connectivity index (χ1v) is 14.1. The van der Waals surface area contributed by atoms with E-state index in [0.29, 0.717) is 6.42 Å². The lowest BCUT2D eigenvalue weighted by atomic mass is 9.98. The van der Waals surface area contributed by atoms with Gasteiger partial charge in [0.15, 0.2) is 8.32 Å². The molecule has 1 N–H and O–H groups in total. The molecule has 1 saturated heterocycles. The molecule has 0 aliphatic carbocycles. The lowest BCUT2D eigenvalue weighted by Gasteiger charge is -2.41. The van der Waals surface area contributed by atoms with Gasteiger partial charge in [0.1, 0.15) is 5.60 Å². The molecule has 0 saturated carbocycles. The maximum absolute atomic E-state index is 13.0. The molecular formula is C24H40N2O5Si. The fourth-order valence-corrected chi connectivity index (χ4v) is 5.13. The Balaban J connectivity index is 2.46. The number of carbonyl (C=O) groups is 2. The van der Waals surface area contributed by atoms with Crippen molar-refractivity contribution in [3.05, 3.63) is 35.9 Å². The first-order chi connectivity index (χ1) is 14.5. The Labute approximate surface area is 193 Å². The number of rotatable bonds is 5. The van der Waals surface area contributed by atoms with E-state index in [-0.39, 0.29) is 11.6 Å². The Bertz CT molecular complexity index is 801. The quantitative estimate of drug-likeness (QED) is 0.605. The van der Waals surface area contributed by atoms with Crippen LogP contribution in [0.15, 0.2) is 30.3 Å². The van der Waals surface area contributed by atoms with E-state index < -0.39 is 44.3 Å². The van der Waals surface area contributed by atoms with Crippen LogP contribution in [0.5, 0.6) is 0 Å². The van der Waals surface area contributed by atoms with Crippen LogP contribution in [0.4, 0.5) is 9.59 Å².